The summed E-state index contributed by atoms with van der Waals surface area (Å²) in [5, 5.41) is 3.35. The van der Waals surface area contributed by atoms with Crippen molar-refractivity contribution in [3.8, 4) is 18.1 Å². The van der Waals surface area contributed by atoms with E-state index in [1.54, 1.807) is 29.2 Å². The summed E-state index contributed by atoms with van der Waals surface area (Å²) in [7, 11) is -3.53. The Labute approximate surface area is 253 Å². The molecule has 4 atom stereocenters. The van der Waals surface area contributed by atoms with Crippen LogP contribution in [0, 0.1) is 12.3 Å². The molecule has 0 saturated heterocycles. The van der Waals surface area contributed by atoms with Gasteiger partial charge in [0.25, 0.3) is 5.91 Å². The predicted octanol–water partition coefficient (Wildman–Crippen LogP) is 4.35. The summed E-state index contributed by atoms with van der Waals surface area (Å²) < 4.78 is 33.1. The first kappa shape index (κ1) is 31.4. The highest BCUT2D eigenvalue weighted by Gasteiger charge is 2.47. The average Bonchev–Trinajstić information content (AvgIpc) is 2.96. The maximum atomic E-state index is 14.1. The fraction of sp³-hybridized carbons (Fsp3) is 0.375. The van der Waals surface area contributed by atoms with Gasteiger partial charge in [0, 0.05) is 28.8 Å². The van der Waals surface area contributed by atoms with Crippen LogP contribution in [0.4, 0.5) is 0 Å². The Kier molecular flexibility index (Phi) is 10.9. The average molecular weight is 610 g/mol. The number of benzene rings is 2. The van der Waals surface area contributed by atoms with Crippen molar-refractivity contribution in [2.75, 3.05) is 19.4 Å². The lowest BCUT2D eigenvalue weighted by Crippen LogP contribution is -2.62. The second kappa shape index (κ2) is 14.5. The lowest BCUT2D eigenvalue weighted by molar-refractivity contribution is -0.124. The molecule has 1 saturated carbocycles. The Bertz CT molecular complexity index is 1470. The van der Waals surface area contributed by atoms with E-state index in [2.05, 4.69) is 16.0 Å². The summed E-state index contributed by atoms with van der Waals surface area (Å²) in [6.45, 7) is 0.536. The fourth-order valence-electron chi connectivity index (χ4n) is 5.86. The first-order valence-electron chi connectivity index (χ1n) is 14.0. The van der Waals surface area contributed by atoms with E-state index in [0.717, 1.165) is 19.1 Å². The van der Waals surface area contributed by atoms with Gasteiger partial charge in [-0.3, -0.25) is 9.59 Å². The van der Waals surface area contributed by atoms with Crippen molar-refractivity contribution in [1.29, 1.82) is 0 Å². The summed E-state index contributed by atoms with van der Waals surface area (Å²) in [5.74, 6) is 1.90. The normalized spacial score (nSPS) is 22.8. The number of ether oxygens (including phenoxy) is 1. The van der Waals surface area contributed by atoms with Crippen LogP contribution in [0.15, 0.2) is 77.9 Å². The van der Waals surface area contributed by atoms with Crippen molar-refractivity contribution >= 4 is 33.4 Å². The molecule has 2 aliphatic rings. The standard InChI is InChI=1S/C32H36ClN3O5S/c1-3-12-23(33)13-11-20-29-30(31(37)34-21-22-41-24-14-5-4-6-15-24)25-16-7-8-17-26(25)32(38)36(29)28-19-10-9-18-27(28)35-42(2,39)40/h1,4-8,11-17,27-30,35H,9-10,18-22H2,2H3,(H,34,37)/b13-11-,23-12+/t27-,28-,29-,30+/m0/s1. The SMILES string of the molecule is C#C/C=C(Cl)\C=C/C[C@H]1[C@H](C(=O)NCCOc2ccccc2)c2ccccc2C(=O)N1[C@H]1CCCC[C@@H]1NS(C)(=O)=O. The molecule has 2 amide bonds. The lowest BCUT2D eigenvalue weighted by atomic mass is 9.77. The Morgan fingerprint density at radius 2 is 1.86 bits per heavy atom. The Morgan fingerprint density at radius 1 is 1.14 bits per heavy atom. The van der Waals surface area contributed by atoms with E-state index in [1.165, 1.54) is 6.08 Å². The van der Waals surface area contributed by atoms with Gasteiger partial charge in [0.2, 0.25) is 15.9 Å². The summed E-state index contributed by atoms with van der Waals surface area (Å²) in [6, 6.07) is 15.0. The molecule has 0 unspecified atom stereocenters. The van der Waals surface area contributed by atoms with Crippen molar-refractivity contribution in [2.24, 2.45) is 0 Å². The van der Waals surface area contributed by atoms with Crippen LogP contribution in [-0.4, -0.2) is 62.7 Å². The fourth-order valence-corrected chi connectivity index (χ4v) is 6.83. The summed E-state index contributed by atoms with van der Waals surface area (Å²) in [6.07, 6.45) is 14.5. The molecular formula is C32H36ClN3O5S. The van der Waals surface area contributed by atoms with Gasteiger partial charge < -0.3 is 15.0 Å². The maximum absolute atomic E-state index is 14.1. The molecule has 2 aromatic rings. The molecule has 222 valence electrons. The van der Waals surface area contributed by atoms with E-state index < -0.39 is 34.1 Å². The largest absolute Gasteiger partial charge is 0.492 e. The van der Waals surface area contributed by atoms with Gasteiger partial charge in [0.1, 0.15) is 12.4 Å². The number of allylic oxidation sites excluding steroid dienone is 3. The quantitative estimate of drug-likeness (QED) is 0.224. The first-order chi connectivity index (χ1) is 20.2. The van der Waals surface area contributed by atoms with Gasteiger partial charge >= 0.3 is 0 Å². The van der Waals surface area contributed by atoms with Gasteiger partial charge in [0.05, 0.1) is 24.8 Å². The van der Waals surface area contributed by atoms with Crippen molar-refractivity contribution in [1.82, 2.24) is 14.9 Å². The molecular weight excluding hydrogens is 574 g/mol. The number of carbonyl (C=O) groups is 2. The van der Waals surface area contributed by atoms with Crippen LogP contribution in [0.1, 0.15) is 53.9 Å². The number of halogens is 1. The number of carbonyl (C=O) groups excluding carboxylic acids is 2. The third-order valence-electron chi connectivity index (χ3n) is 7.53. The molecule has 1 aliphatic carbocycles. The second-order valence-electron chi connectivity index (χ2n) is 10.5. The van der Waals surface area contributed by atoms with Gasteiger partial charge in [-0.1, -0.05) is 72.8 Å². The Hall–Kier alpha value is -3.58. The Balaban J connectivity index is 1.68. The maximum Gasteiger partial charge on any atom is 0.254 e. The molecule has 2 N–H and O–H groups in total. The molecule has 4 rings (SSSR count). The van der Waals surface area contributed by atoms with E-state index in [0.29, 0.717) is 41.2 Å². The first-order valence-corrected chi connectivity index (χ1v) is 16.3. The van der Waals surface area contributed by atoms with Crippen molar-refractivity contribution < 1.29 is 22.7 Å². The number of nitrogens with zero attached hydrogens (tertiary/aromatic N) is 1. The molecule has 10 heteroatoms. The molecule has 0 bridgehead atoms. The third-order valence-corrected chi connectivity index (χ3v) is 8.49. The van der Waals surface area contributed by atoms with E-state index >= 15 is 0 Å². The molecule has 2 aromatic carbocycles. The molecule has 1 heterocycles. The highest BCUT2D eigenvalue weighted by Crippen LogP contribution is 2.39. The van der Waals surface area contributed by atoms with Gasteiger partial charge in [-0.05, 0) is 49.1 Å². The summed E-state index contributed by atoms with van der Waals surface area (Å²) >= 11 is 6.20. The number of amides is 2. The molecule has 0 aromatic heterocycles. The van der Waals surface area contributed by atoms with Crippen molar-refractivity contribution in [3.05, 3.63) is 89.0 Å². The monoisotopic (exact) mass is 609 g/mol. The van der Waals surface area contributed by atoms with Crippen LogP contribution < -0.4 is 14.8 Å². The van der Waals surface area contributed by atoms with Crippen LogP contribution in [0.3, 0.4) is 0 Å². The number of fused-ring (bicyclic) bond motifs is 1. The molecule has 1 fully saturated rings. The van der Waals surface area contributed by atoms with Gasteiger partial charge in [-0.15, -0.1) is 6.42 Å². The molecule has 0 spiro atoms. The molecule has 42 heavy (non-hydrogen) atoms. The highest BCUT2D eigenvalue weighted by atomic mass is 35.5. The Morgan fingerprint density at radius 3 is 2.60 bits per heavy atom. The van der Waals surface area contributed by atoms with Gasteiger partial charge in [-0.25, -0.2) is 13.1 Å². The number of rotatable bonds is 11. The van der Waals surface area contributed by atoms with E-state index in [9.17, 15) is 18.0 Å². The number of hydrogen-bond donors (Lipinski definition) is 2. The van der Waals surface area contributed by atoms with Crippen LogP contribution in [-0.2, 0) is 14.8 Å². The smallest absolute Gasteiger partial charge is 0.254 e. The lowest BCUT2D eigenvalue weighted by Gasteiger charge is -2.48. The van der Waals surface area contributed by atoms with Gasteiger partial charge in [-0.2, -0.15) is 0 Å². The third kappa shape index (κ3) is 8.03. The molecule has 8 nitrogen and oxygen atoms in total. The van der Waals surface area contributed by atoms with Crippen LogP contribution in [0.25, 0.3) is 0 Å². The number of sulfonamides is 1. The zero-order valence-electron chi connectivity index (χ0n) is 23.5. The number of para-hydroxylation sites is 1. The minimum atomic E-state index is -3.53. The zero-order chi connectivity index (χ0) is 30.1. The topological polar surface area (TPSA) is 105 Å². The van der Waals surface area contributed by atoms with E-state index in [-0.39, 0.29) is 25.0 Å². The van der Waals surface area contributed by atoms with E-state index in [1.807, 2.05) is 42.5 Å². The van der Waals surface area contributed by atoms with E-state index in [4.69, 9.17) is 22.8 Å². The summed E-state index contributed by atoms with van der Waals surface area (Å²) in [4.78, 5) is 29.8. The molecule has 1 aliphatic heterocycles. The summed E-state index contributed by atoms with van der Waals surface area (Å²) in [5.41, 5.74) is 1.07. The highest BCUT2D eigenvalue weighted by molar-refractivity contribution is 7.88. The van der Waals surface area contributed by atoms with Crippen LogP contribution in [0.5, 0.6) is 5.75 Å². The minimum Gasteiger partial charge on any atom is -0.492 e. The predicted molar refractivity (Wildman–Crippen MR) is 165 cm³/mol. The van der Waals surface area contributed by atoms with Gasteiger partial charge in [0.15, 0.2) is 0 Å². The van der Waals surface area contributed by atoms with Crippen LogP contribution in [0.2, 0.25) is 0 Å². The number of nitrogens with one attached hydrogen (secondary N) is 2. The van der Waals surface area contributed by atoms with Crippen LogP contribution >= 0.6 is 11.6 Å². The van der Waals surface area contributed by atoms with Crippen molar-refractivity contribution in [3.63, 3.8) is 0 Å². The minimum absolute atomic E-state index is 0.224. The second-order valence-corrected chi connectivity index (χ2v) is 12.7. The van der Waals surface area contributed by atoms with Crippen molar-refractivity contribution in [2.45, 2.75) is 56.1 Å². The zero-order valence-corrected chi connectivity index (χ0v) is 25.1. The number of terminal acetylenes is 1. The molecule has 0 radical (unpaired) electrons. The number of hydrogen-bond acceptors (Lipinski definition) is 5.